The number of anilines is 1. The highest BCUT2D eigenvalue weighted by atomic mass is 32.2. The van der Waals surface area contributed by atoms with E-state index in [4.69, 9.17) is 0 Å². The van der Waals surface area contributed by atoms with Gasteiger partial charge in [-0.15, -0.1) is 0 Å². The number of hydrogen-bond acceptors (Lipinski definition) is 6. The van der Waals surface area contributed by atoms with E-state index in [1.54, 1.807) is 63.2 Å². The molecule has 0 saturated heterocycles. The van der Waals surface area contributed by atoms with E-state index in [2.05, 4.69) is 10.0 Å². The molecule has 3 amide bonds. The van der Waals surface area contributed by atoms with Gasteiger partial charge in [0, 0.05) is 24.7 Å². The van der Waals surface area contributed by atoms with Crippen LogP contribution in [0, 0.1) is 0 Å². The smallest absolute Gasteiger partial charge is 0.338 e. The van der Waals surface area contributed by atoms with Gasteiger partial charge in [0.25, 0.3) is 15.9 Å². The Hall–Kier alpha value is -3.74. The largest absolute Gasteiger partial charge is 0.348 e. The first kappa shape index (κ1) is 30.2. The number of urea groups is 1. The van der Waals surface area contributed by atoms with E-state index in [9.17, 15) is 26.4 Å². The third-order valence-corrected chi connectivity index (χ3v) is 9.83. The van der Waals surface area contributed by atoms with Crippen molar-refractivity contribution in [2.24, 2.45) is 0 Å². The average Bonchev–Trinajstić information content (AvgIpc) is 2.91. The van der Waals surface area contributed by atoms with E-state index in [0.717, 1.165) is 15.4 Å². The van der Waals surface area contributed by atoms with E-state index >= 15 is 0 Å². The van der Waals surface area contributed by atoms with Crippen LogP contribution in [0.1, 0.15) is 47.8 Å². The fourth-order valence-electron chi connectivity index (χ4n) is 4.41. The van der Waals surface area contributed by atoms with Crippen molar-refractivity contribution in [2.45, 2.75) is 50.7 Å². The second-order valence-corrected chi connectivity index (χ2v) is 14.6. The standard InChI is InChI=1S/C29H34N4O6S2/c1-29(2,3)31-40(36,37)17-16-21-10-12-22(13-11-21)19-30-27(34)24-14-15-25-26(18-24)41(38,39)33(28(35)32(25)4)20-23-8-6-5-7-9-23/h5-15,18,31H,16-17,19-20H2,1-4H3,(H,30,34). The first-order chi connectivity index (χ1) is 19.2. The normalized spacial score (nSPS) is 15.0. The summed E-state index contributed by atoms with van der Waals surface area (Å²) in [4.78, 5) is 27.0. The number of nitrogens with one attached hydrogen (secondary N) is 2. The quantitative estimate of drug-likeness (QED) is 0.387. The maximum atomic E-state index is 13.4. The summed E-state index contributed by atoms with van der Waals surface area (Å²) in [7, 11) is -6.12. The van der Waals surface area contributed by atoms with Gasteiger partial charge in [0.05, 0.1) is 18.0 Å². The van der Waals surface area contributed by atoms with Gasteiger partial charge in [0.15, 0.2) is 0 Å². The minimum atomic E-state index is -4.20. The summed E-state index contributed by atoms with van der Waals surface area (Å²) >= 11 is 0. The molecular weight excluding hydrogens is 564 g/mol. The molecule has 12 heteroatoms. The van der Waals surface area contributed by atoms with Crippen LogP contribution in [0.25, 0.3) is 0 Å². The zero-order valence-corrected chi connectivity index (χ0v) is 25.1. The molecule has 1 aliphatic heterocycles. The lowest BCUT2D eigenvalue weighted by atomic mass is 10.1. The molecule has 2 N–H and O–H groups in total. The predicted octanol–water partition coefficient (Wildman–Crippen LogP) is 3.64. The fraction of sp³-hybridized carbons (Fsp3) is 0.310. The second kappa shape index (κ2) is 11.6. The number of carbonyl (C=O) groups excluding carboxylic acids is 2. The van der Waals surface area contributed by atoms with E-state index in [0.29, 0.717) is 12.0 Å². The Balaban J connectivity index is 1.43. The molecule has 218 valence electrons. The summed E-state index contributed by atoms with van der Waals surface area (Å²) in [6.07, 6.45) is 0.347. The Kier molecular flexibility index (Phi) is 8.57. The lowest BCUT2D eigenvalue weighted by molar-refractivity contribution is 0.0950. The molecule has 0 bridgehead atoms. The van der Waals surface area contributed by atoms with Crippen LogP contribution in [0.3, 0.4) is 0 Å². The minimum Gasteiger partial charge on any atom is -0.348 e. The summed E-state index contributed by atoms with van der Waals surface area (Å²) in [5.74, 6) is -0.508. The maximum absolute atomic E-state index is 13.4. The summed E-state index contributed by atoms with van der Waals surface area (Å²) in [5.41, 5.74) is 2.09. The Morgan fingerprint density at radius 3 is 2.17 bits per heavy atom. The number of carbonyl (C=O) groups is 2. The average molecular weight is 599 g/mol. The summed E-state index contributed by atoms with van der Waals surface area (Å²) in [6.45, 7) is 5.42. The molecule has 0 aliphatic carbocycles. The molecule has 0 radical (unpaired) electrons. The number of aryl methyl sites for hydroxylation is 1. The number of benzene rings is 3. The molecule has 3 aromatic carbocycles. The van der Waals surface area contributed by atoms with Gasteiger partial charge < -0.3 is 5.32 Å². The first-order valence-electron chi connectivity index (χ1n) is 13.0. The number of amides is 3. The van der Waals surface area contributed by atoms with Gasteiger partial charge >= 0.3 is 6.03 Å². The van der Waals surface area contributed by atoms with Crippen molar-refractivity contribution in [3.8, 4) is 0 Å². The first-order valence-corrected chi connectivity index (χ1v) is 16.1. The summed E-state index contributed by atoms with van der Waals surface area (Å²) in [5, 5.41) is 2.79. The van der Waals surface area contributed by atoms with E-state index in [-0.39, 0.29) is 35.0 Å². The van der Waals surface area contributed by atoms with Gasteiger partial charge in [0.1, 0.15) is 4.90 Å². The Morgan fingerprint density at radius 1 is 0.902 bits per heavy atom. The topological polar surface area (TPSA) is 133 Å². The van der Waals surface area contributed by atoms with Crippen LogP contribution >= 0.6 is 0 Å². The third-order valence-electron chi connectivity index (χ3n) is 6.42. The van der Waals surface area contributed by atoms with Crippen LogP contribution in [-0.4, -0.2) is 51.4 Å². The monoisotopic (exact) mass is 598 g/mol. The molecule has 10 nitrogen and oxygen atoms in total. The highest BCUT2D eigenvalue weighted by Gasteiger charge is 2.40. The van der Waals surface area contributed by atoms with Crippen molar-refractivity contribution in [3.63, 3.8) is 0 Å². The number of sulfonamides is 2. The zero-order chi connectivity index (χ0) is 30.0. The lowest BCUT2D eigenvalue weighted by Gasteiger charge is -2.34. The van der Waals surface area contributed by atoms with Crippen molar-refractivity contribution in [3.05, 3.63) is 95.1 Å². The van der Waals surface area contributed by atoms with Crippen molar-refractivity contribution in [2.75, 3.05) is 17.7 Å². The number of rotatable bonds is 9. The molecule has 0 spiro atoms. The van der Waals surface area contributed by atoms with Gasteiger partial charge in [-0.25, -0.2) is 30.7 Å². The molecule has 1 aliphatic rings. The molecule has 3 aromatic rings. The SMILES string of the molecule is CN1C(=O)N(Cc2ccccc2)S(=O)(=O)c2cc(C(=O)NCc3ccc(CCS(=O)(=O)NC(C)(C)C)cc3)ccc21. The van der Waals surface area contributed by atoms with Gasteiger partial charge in [0.2, 0.25) is 10.0 Å². The Labute approximate surface area is 241 Å². The molecular formula is C29H34N4O6S2. The zero-order valence-electron chi connectivity index (χ0n) is 23.4. The molecule has 0 aromatic heterocycles. The van der Waals surface area contributed by atoms with Crippen LogP contribution in [-0.2, 0) is 39.6 Å². The minimum absolute atomic E-state index is 0.0366. The number of fused-ring (bicyclic) bond motifs is 1. The maximum Gasteiger partial charge on any atom is 0.338 e. The van der Waals surface area contributed by atoms with Gasteiger partial charge in [-0.2, -0.15) is 0 Å². The van der Waals surface area contributed by atoms with Gasteiger partial charge in [-0.3, -0.25) is 9.69 Å². The van der Waals surface area contributed by atoms with Crippen molar-refractivity contribution < 1.29 is 26.4 Å². The van der Waals surface area contributed by atoms with Crippen molar-refractivity contribution in [1.29, 1.82) is 0 Å². The molecule has 0 saturated carbocycles. The van der Waals surface area contributed by atoms with Gasteiger partial charge in [-0.1, -0.05) is 54.6 Å². The second-order valence-electron chi connectivity index (χ2n) is 10.9. The lowest BCUT2D eigenvalue weighted by Crippen LogP contribution is -2.48. The molecule has 0 atom stereocenters. The Morgan fingerprint density at radius 2 is 1.54 bits per heavy atom. The van der Waals surface area contributed by atoms with Gasteiger partial charge in [-0.05, 0) is 62.1 Å². The predicted molar refractivity (Wildman–Crippen MR) is 157 cm³/mol. The highest BCUT2D eigenvalue weighted by Crippen LogP contribution is 2.35. The molecule has 4 rings (SSSR count). The van der Waals surface area contributed by atoms with Crippen LogP contribution < -0.4 is 14.9 Å². The Bertz CT molecular complexity index is 1650. The van der Waals surface area contributed by atoms with Crippen LogP contribution in [0.4, 0.5) is 10.5 Å². The van der Waals surface area contributed by atoms with E-state index in [1.807, 2.05) is 12.1 Å². The van der Waals surface area contributed by atoms with Crippen molar-refractivity contribution >= 4 is 37.7 Å². The molecule has 0 fully saturated rings. The number of hydrogen-bond donors (Lipinski definition) is 2. The van der Waals surface area contributed by atoms with Crippen LogP contribution in [0.5, 0.6) is 0 Å². The van der Waals surface area contributed by atoms with Crippen molar-refractivity contribution in [1.82, 2.24) is 14.3 Å². The molecule has 41 heavy (non-hydrogen) atoms. The van der Waals surface area contributed by atoms with Crippen LogP contribution in [0.15, 0.2) is 77.7 Å². The summed E-state index contributed by atoms with van der Waals surface area (Å²) < 4.78 is 54.8. The number of nitrogens with zero attached hydrogens (tertiary/aromatic N) is 2. The fourth-order valence-corrected chi connectivity index (χ4v) is 7.58. The third kappa shape index (κ3) is 7.32. The molecule has 1 heterocycles. The molecule has 0 unspecified atom stereocenters. The van der Waals surface area contributed by atoms with E-state index in [1.165, 1.54) is 30.1 Å². The van der Waals surface area contributed by atoms with E-state index < -0.39 is 37.5 Å². The summed E-state index contributed by atoms with van der Waals surface area (Å²) in [6, 6.07) is 19.6. The highest BCUT2D eigenvalue weighted by molar-refractivity contribution is 7.90. The van der Waals surface area contributed by atoms with Crippen LogP contribution in [0.2, 0.25) is 0 Å².